The van der Waals surface area contributed by atoms with Crippen molar-refractivity contribution in [2.24, 2.45) is 5.41 Å². The van der Waals surface area contributed by atoms with Crippen LogP contribution in [0.25, 0.3) is 11.4 Å². The van der Waals surface area contributed by atoms with Gasteiger partial charge in [-0.05, 0) is 43.1 Å². The zero-order chi connectivity index (χ0) is 15.5. The van der Waals surface area contributed by atoms with Gasteiger partial charge in [0, 0.05) is 45.2 Å². The Balaban J connectivity index is 0.00000242. The average Bonchev–Trinajstić information content (AvgIpc) is 2.82. The molecule has 0 heterocycles. The van der Waals surface area contributed by atoms with Crippen LogP contribution in [-0.4, -0.2) is 38.0 Å². The molecule has 1 unspecified atom stereocenters. The first kappa shape index (κ1) is 19.5. The van der Waals surface area contributed by atoms with Gasteiger partial charge in [-0.15, -0.1) is 12.5 Å². The molecule has 0 saturated heterocycles. The third-order valence-electron chi connectivity index (χ3n) is 4.21. The molecule has 0 fully saturated rings. The number of nitrogens with zero attached hydrogens (tertiary/aromatic N) is 2. The SMILES string of the molecule is [CH2-]C1(C(=O)[N-]C)Cc2ccc(/C=C/CN(C)CC)cc2C1.[Y]. The Morgan fingerprint density at radius 1 is 1.41 bits per heavy atom. The molecule has 1 aliphatic rings. The van der Waals surface area contributed by atoms with E-state index in [-0.39, 0.29) is 38.6 Å². The van der Waals surface area contributed by atoms with Crippen LogP contribution in [-0.2, 0) is 50.3 Å². The molecule has 1 aromatic carbocycles. The number of likely N-dealkylation sites (N-methyl/N-ethyl adjacent to an activating group) is 1. The summed E-state index contributed by atoms with van der Waals surface area (Å²) < 4.78 is 0. The molecule has 1 radical (unpaired) electrons. The van der Waals surface area contributed by atoms with Crippen molar-refractivity contribution in [3.05, 3.63) is 53.2 Å². The van der Waals surface area contributed by atoms with Crippen LogP contribution in [0.1, 0.15) is 23.6 Å². The van der Waals surface area contributed by atoms with Crippen molar-refractivity contribution in [3.8, 4) is 0 Å². The molecule has 2 rings (SSSR count). The number of carbonyl (C=O) groups excluding carboxylic acids is 1. The summed E-state index contributed by atoms with van der Waals surface area (Å²) in [5, 5.41) is 3.81. The molecule has 1 aliphatic carbocycles. The smallest absolute Gasteiger partial charge is 0.0273 e. The molecule has 1 amide bonds. The minimum Gasteiger partial charge on any atom is -0.658 e. The number of rotatable bonds is 5. The van der Waals surface area contributed by atoms with Crippen molar-refractivity contribution in [3.63, 3.8) is 0 Å². The van der Waals surface area contributed by atoms with Gasteiger partial charge in [-0.1, -0.05) is 37.3 Å². The molecule has 4 heteroatoms. The van der Waals surface area contributed by atoms with Gasteiger partial charge in [-0.3, -0.25) is 0 Å². The molecule has 22 heavy (non-hydrogen) atoms. The summed E-state index contributed by atoms with van der Waals surface area (Å²) >= 11 is 0. The Labute approximate surface area is 159 Å². The van der Waals surface area contributed by atoms with Gasteiger partial charge in [0.05, 0.1) is 0 Å². The number of amides is 1. The topological polar surface area (TPSA) is 34.4 Å². The largest absolute Gasteiger partial charge is 0.658 e. The molecule has 3 nitrogen and oxygen atoms in total. The molecule has 0 aliphatic heterocycles. The van der Waals surface area contributed by atoms with E-state index in [4.69, 9.17) is 0 Å². The maximum Gasteiger partial charge on any atom is 0.0273 e. The average molecular weight is 373 g/mol. The predicted octanol–water partition coefficient (Wildman–Crippen LogP) is 3.10. The van der Waals surface area contributed by atoms with Crippen LogP contribution in [0, 0.1) is 12.3 Å². The van der Waals surface area contributed by atoms with Crippen LogP contribution in [0.15, 0.2) is 24.3 Å². The van der Waals surface area contributed by atoms with E-state index in [0.717, 1.165) is 13.1 Å². The molecule has 1 atom stereocenters. The van der Waals surface area contributed by atoms with Crippen LogP contribution in [0.4, 0.5) is 0 Å². The van der Waals surface area contributed by atoms with Crippen LogP contribution in [0.2, 0.25) is 0 Å². The Morgan fingerprint density at radius 2 is 2.09 bits per heavy atom. The first-order valence-corrected chi connectivity index (χ1v) is 7.45. The fourth-order valence-electron chi connectivity index (χ4n) is 2.76. The number of carbonyl (C=O) groups is 1. The third-order valence-corrected chi connectivity index (χ3v) is 4.21. The van der Waals surface area contributed by atoms with Crippen molar-refractivity contribution in [1.82, 2.24) is 4.90 Å². The van der Waals surface area contributed by atoms with E-state index in [1.165, 1.54) is 16.7 Å². The van der Waals surface area contributed by atoms with Gasteiger partial charge in [-0.25, -0.2) is 0 Å². The molecule has 0 bridgehead atoms. The molecule has 1 aromatic rings. The number of fused-ring (bicyclic) bond motifs is 1. The second-order valence-corrected chi connectivity index (χ2v) is 5.95. The molecule has 0 aromatic heterocycles. The summed E-state index contributed by atoms with van der Waals surface area (Å²) in [4.78, 5) is 14.2. The second kappa shape index (κ2) is 8.38. The Bertz CT molecular complexity index is 556. The predicted molar refractivity (Wildman–Crippen MR) is 88.1 cm³/mol. The van der Waals surface area contributed by atoms with Gasteiger partial charge in [0.2, 0.25) is 0 Å². The van der Waals surface area contributed by atoms with Crippen LogP contribution in [0.5, 0.6) is 0 Å². The normalized spacial score (nSPS) is 20.0. The van der Waals surface area contributed by atoms with Crippen LogP contribution in [0.3, 0.4) is 0 Å². The molecular weight excluding hydrogens is 349 g/mol. The summed E-state index contributed by atoms with van der Waals surface area (Å²) in [5.41, 5.74) is 3.04. The fraction of sp³-hybridized carbons (Fsp3) is 0.444. The monoisotopic (exact) mass is 373 g/mol. The summed E-state index contributed by atoms with van der Waals surface area (Å²) in [6.07, 6.45) is 5.70. The van der Waals surface area contributed by atoms with Gasteiger partial charge in [-0.2, -0.15) is 0 Å². The summed E-state index contributed by atoms with van der Waals surface area (Å²) in [6.45, 7) is 8.25. The van der Waals surface area contributed by atoms with Crippen LogP contribution >= 0.6 is 0 Å². The maximum absolute atomic E-state index is 11.9. The molecule has 117 valence electrons. The maximum atomic E-state index is 11.9. The quantitative estimate of drug-likeness (QED) is 0.744. The van der Waals surface area contributed by atoms with Crippen molar-refractivity contribution in [2.75, 3.05) is 27.2 Å². The van der Waals surface area contributed by atoms with E-state index >= 15 is 0 Å². The summed E-state index contributed by atoms with van der Waals surface area (Å²) in [5.74, 6) is -0.0969. The van der Waals surface area contributed by atoms with Gasteiger partial charge in [0.1, 0.15) is 0 Å². The van der Waals surface area contributed by atoms with Gasteiger partial charge in [0.25, 0.3) is 0 Å². The fourth-order valence-corrected chi connectivity index (χ4v) is 2.76. The van der Waals surface area contributed by atoms with Crippen molar-refractivity contribution >= 4 is 12.0 Å². The van der Waals surface area contributed by atoms with Crippen molar-refractivity contribution in [2.45, 2.75) is 19.8 Å². The summed E-state index contributed by atoms with van der Waals surface area (Å²) in [7, 11) is 3.65. The molecule has 0 saturated carbocycles. The molecular formula is C18H24N2OY-2. The molecule has 0 N–H and O–H groups in total. The van der Waals surface area contributed by atoms with Gasteiger partial charge in [0.15, 0.2) is 0 Å². The van der Waals surface area contributed by atoms with Gasteiger partial charge >= 0.3 is 0 Å². The zero-order valence-electron chi connectivity index (χ0n) is 13.8. The van der Waals surface area contributed by atoms with Crippen LogP contribution < -0.4 is 0 Å². The van der Waals surface area contributed by atoms with E-state index in [1.807, 2.05) is 0 Å². The first-order valence-electron chi connectivity index (χ1n) is 7.45. The van der Waals surface area contributed by atoms with E-state index in [2.05, 4.69) is 61.5 Å². The van der Waals surface area contributed by atoms with E-state index in [9.17, 15) is 4.79 Å². The van der Waals surface area contributed by atoms with Gasteiger partial charge < -0.3 is 21.9 Å². The van der Waals surface area contributed by atoms with E-state index in [1.54, 1.807) is 7.05 Å². The minimum atomic E-state index is -0.595. The number of hydrogen-bond donors (Lipinski definition) is 0. The zero-order valence-corrected chi connectivity index (χ0v) is 16.6. The Kier molecular flexibility index (Phi) is 7.44. The number of hydrogen-bond acceptors (Lipinski definition) is 2. The second-order valence-electron chi connectivity index (χ2n) is 5.95. The Hall–Kier alpha value is -0.506. The number of benzene rings is 1. The molecule has 0 spiro atoms. The van der Waals surface area contributed by atoms with Crippen molar-refractivity contribution < 1.29 is 37.5 Å². The van der Waals surface area contributed by atoms with Crippen molar-refractivity contribution in [1.29, 1.82) is 0 Å². The summed E-state index contributed by atoms with van der Waals surface area (Å²) in [6, 6.07) is 6.41. The van der Waals surface area contributed by atoms with E-state index in [0.29, 0.717) is 12.8 Å². The Morgan fingerprint density at radius 3 is 2.73 bits per heavy atom. The standard InChI is InChI=1S/C18H25N2O.Y/c1-5-20(4)10-6-7-14-8-9-15-12-18(2,17(21)19-3)13-16(15)11-14;/h6-9,11H,2,5,10,12-13H2,1,3-4H3,(H,19,21);/q-1;/p-1/b7-6+;. The minimum absolute atomic E-state index is 0. The van der Waals surface area contributed by atoms with E-state index < -0.39 is 5.41 Å². The third kappa shape index (κ3) is 4.50. The first-order chi connectivity index (χ1) is 9.98.